The molecule has 4 heteroatoms. The normalized spacial score (nSPS) is 24.9. The third-order valence-corrected chi connectivity index (χ3v) is 4.60. The highest BCUT2D eigenvalue weighted by Gasteiger charge is 2.36. The zero-order valence-corrected chi connectivity index (χ0v) is 10.5. The molecule has 2 aliphatic rings. The average Bonchev–Trinajstić information content (AvgIpc) is 2.81. The zero-order valence-electron chi connectivity index (χ0n) is 9.65. The van der Waals surface area contributed by atoms with Gasteiger partial charge < -0.3 is 4.90 Å². The Balaban J connectivity index is 1.84. The summed E-state index contributed by atoms with van der Waals surface area (Å²) in [5.41, 5.74) is 0.812. The highest BCUT2D eigenvalue weighted by Crippen LogP contribution is 2.31. The molecule has 0 radical (unpaired) electrons. The number of nitrogens with zero attached hydrogens (tertiary/aromatic N) is 1. The lowest BCUT2D eigenvalue weighted by atomic mass is 10.1. The van der Waals surface area contributed by atoms with Gasteiger partial charge in [-0.25, -0.2) is 0 Å². The van der Waals surface area contributed by atoms with Crippen molar-refractivity contribution in [3.8, 4) is 0 Å². The fourth-order valence-corrected chi connectivity index (χ4v) is 3.62. The van der Waals surface area contributed by atoms with E-state index in [4.69, 9.17) is 0 Å². The molecule has 17 heavy (non-hydrogen) atoms. The third kappa shape index (κ3) is 1.80. The third-order valence-electron chi connectivity index (χ3n) is 3.70. The summed E-state index contributed by atoms with van der Waals surface area (Å²) in [5.74, 6) is 0.313. The van der Waals surface area contributed by atoms with Gasteiger partial charge in [-0.2, -0.15) is 0 Å². The lowest BCUT2D eigenvalue weighted by Gasteiger charge is -2.25. The topological polar surface area (TPSA) is 37.4 Å². The molecule has 1 atom stereocenters. The molecule has 0 saturated heterocycles. The summed E-state index contributed by atoms with van der Waals surface area (Å²) in [6.45, 7) is 0.641. The summed E-state index contributed by atoms with van der Waals surface area (Å²) in [6.07, 6.45) is 4.65. The minimum atomic E-state index is -0.162. The molecule has 1 aromatic heterocycles. The molecule has 1 aliphatic heterocycles. The van der Waals surface area contributed by atoms with Crippen LogP contribution in [0.25, 0.3) is 0 Å². The molecule has 0 bridgehead atoms. The van der Waals surface area contributed by atoms with Crippen LogP contribution in [0.4, 0.5) is 0 Å². The van der Waals surface area contributed by atoms with E-state index in [0.717, 1.165) is 36.1 Å². The van der Waals surface area contributed by atoms with Gasteiger partial charge in [0.15, 0.2) is 5.78 Å². The van der Waals surface area contributed by atoms with Crippen LogP contribution in [0.2, 0.25) is 0 Å². The summed E-state index contributed by atoms with van der Waals surface area (Å²) >= 11 is 1.62. The van der Waals surface area contributed by atoms with Crippen LogP contribution in [0.1, 0.15) is 47.3 Å². The number of amides is 1. The highest BCUT2D eigenvalue weighted by molar-refractivity contribution is 7.10. The van der Waals surface area contributed by atoms with Crippen molar-refractivity contribution in [2.24, 2.45) is 0 Å². The van der Waals surface area contributed by atoms with Gasteiger partial charge in [0.1, 0.15) is 0 Å². The zero-order chi connectivity index (χ0) is 11.8. The second kappa shape index (κ2) is 4.26. The monoisotopic (exact) mass is 249 g/mol. The van der Waals surface area contributed by atoms with E-state index in [1.807, 2.05) is 11.4 Å². The molecule has 90 valence electrons. The van der Waals surface area contributed by atoms with Gasteiger partial charge in [0.25, 0.3) is 5.91 Å². The number of fused-ring (bicyclic) bond motifs is 1. The first-order valence-electron chi connectivity index (χ1n) is 6.17. The van der Waals surface area contributed by atoms with Crippen LogP contribution >= 0.6 is 11.3 Å². The summed E-state index contributed by atoms with van der Waals surface area (Å²) in [5, 5.41) is 1.95. The molecular formula is C13H15NO2S. The Morgan fingerprint density at radius 2 is 2.12 bits per heavy atom. The summed E-state index contributed by atoms with van der Waals surface area (Å²) < 4.78 is 0. The maximum Gasteiger partial charge on any atom is 0.255 e. The molecule has 0 N–H and O–H groups in total. The lowest BCUT2D eigenvalue weighted by Crippen LogP contribution is -2.40. The molecule has 0 aromatic carbocycles. The maximum atomic E-state index is 12.2. The summed E-state index contributed by atoms with van der Waals surface area (Å²) in [6, 6.07) is 1.72. The molecule has 1 aliphatic carbocycles. The Labute approximate surface area is 104 Å². The Morgan fingerprint density at radius 1 is 1.24 bits per heavy atom. The highest BCUT2D eigenvalue weighted by atomic mass is 32.1. The van der Waals surface area contributed by atoms with Crippen molar-refractivity contribution in [1.29, 1.82) is 0 Å². The van der Waals surface area contributed by atoms with E-state index in [1.54, 1.807) is 16.2 Å². The Morgan fingerprint density at radius 3 is 2.94 bits per heavy atom. The lowest BCUT2D eigenvalue weighted by molar-refractivity contribution is -0.123. The molecule has 1 aromatic rings. The number of hydrogen-bond donors (Lipinski definition) is 0. The first-order chi connectivity index (χ1) is 8.27. The van der Waals surface area contributed by atoms with Gasteiger partial charge in [0.2, 0.25) is 0 Å². The maximum absolute atomic E-state index is 12.2. The molecule has 1 unspecified atom stereocenters. The van der Waals surface area contributed by atoms with Crippen LogP contribution in [0, 0.1) is 0 Å². The second-order valence-electron chi connectivity index (χ2n) is 4.77. The van der Waals surface area contributed by atoms with Crippen molar-refractivity contribution >= 4 is 23.0 Å². The number of hydrogen-bond acceptors (Lipinski definition) is 3. The SMILES string of the molecule is O=C1CCCCCC1N1Cc2sccc2C1=O. The number of thiophene rings is 1. The van der Waals surface area contributed by atoms with Crippen molar-refractivity contribution in [3.05, 3.63) is 21.9 Å². The molecule has 3 nitrogen and oxygen atoms in total. The average molecular weight is 249 g/mol. The number of Topliss-reactive ketones (excluding diaryl/α,β-unsaturated/α-hetero) is 1. The predicted octanol–water partition coefficient (Wildman–Crippen LogP) is 2.61. The van der Waals surface area contributed by atoms with Crippen molar-refractivity contribution in [1.82, 2.24) is 4.90 Å². The van der Waals surface area contributed by atoms with Crippen LogP contribution in [-0.2, 0) is 11.3 Å². The summed E-state index contributed by atoms with van der Waals surface area (Å²) in [4.78, 5) is 27.1. The van der Waals surface area contributed by atoms with Crippen molar-refractivity contribution < 1.29 is 9.59 Å². The standard InChI is InChI=1S/C13H15NO2S/c15-11-5-3-1-2-4-10(11)14-8-12-9(13(14)16)6-7-17-12/h6-7,10H,1-5,8H2. The molecule has 1 saturated carbocycles. The number of rotatable bonds is 1. The Bertz CT molecular complexity index is 466. The summed E-state index contributed by atoms with van der Waals surface area (Å²) in [7, 11) is 0. The van der Waals surface area contributed by atoms with E-state index in [2.05, 4.69) is 0 Å². The van der Waals surface area contributed by atoms with Gasteiger partial charge in [0, 0.05) is 11.3 Å². The van der Waals surface area contributed by atoms with Crippen LogP contribution in [-0.4, -0.2) is 22.6 Å². The van der Waals surface area contributed by atoms with Gasteiger partial charge in [-0.3, -0.25) is 9.59 Å². The number of ketones is 1. The van der Waals surface area contributed by atoms with Crippen molar-refractivity contribution in [3.63, 3.8) is 0 Å². The van der Waals surface area contributed by atoms with E-state index in [1.165, 1.54) is 0 Å². The molecule has 2 heterocycles. The Kier molecular flexibility index (Phi) is 2.74. The van der Waals surface area contributed by atoms with E-state index >= 15 is 0 Å². The molecule has 1 amide bonds. The van der Waals surface area contributed by atoms with Gasteiger partial charge in [-0.05, 0) is 24.3 Å². The minimum absolute atomic E-state index is 0.0569. The van der Waals surface area contributed by atoms with Crippen LogP contribution in [0.15, 0.2) is 11.4 Å². The van der Waals surface area contributed by atoms with E-state index < -0.39 is 0 Å². The van der Waals surface area contributed by atoms with E-state index in [0.29, 0.717) is 13.0 Å². The molecule has 0 spiro atoms. The second-order valence-corrected chi connectivity index (χ2v) is 5.77. The predicted molar refractivity (Wildman–Crippen MR) is 66.1 cm³/mol. The van der Waals surface area contributed by atoms with Gasteiger partial charge >= 0.3 is 0 Å². The van der Waals surface area contributed by atoms with Gasteiger partial charge in [-0.1, -0.05) is 12.8 Å². The molecule has 3 rings (SSSR count). The molecule has 1 fully saturated rings. The Hall–Kier alpha value is -1.16. The largest absolute Gasteiger partial charge is 0.323 e. The smallest absolute Gasteiger partial charge is 0.255 e. The number of carbonyl (C=O) groups excluding carboxylic acids is 2. The van der Waals surface area contributed by atoms with Gasteiger partial charge in [0.05, 0.1) is 18.2 Å². The van der Waals surface area contributed by atoms with Crippen LogP contribution < -0.4 is 0 Å². The fraction of sp³-hybridized carbons (Fsp3) is 0.538. The van der Waals surface area contributed by atoms with Crippen LogP contribution in [0.3, 0.4) is 0 Å². The van der Waals surface area contributed by atoms with Crippen molar-refractivity contribution in [2.45, 2.75) is 44.7 Å². The minimum Gasteiger partial charge on any atom is -0.323 e. The van der Waals surface area contributed by atoms with Crippen LogP contribution in [0.5, 0.6) is 0 Å². The van der Waals surface area contributed by atoms with E-state index in [9.17, 15) is 9.59 Å². The molecular weight excluding hydrogens is 234 g/mol. The van der Waals surface area contributed by atoms with Crippen molar-refractivity contribution in [2.75, 3.05) is 0 Å². The van der Waals surface area contributed by atoms with Gasteiger partial charge in [-0.15, -0.1) is 11.3 Å². The quantitative estimate of drug-likeness (QED) is 0.717. The van der Waals surface area contributed by atoms with E-state index in [-0.39, 0.29) is 17.7 Å². The first-order valence-corrected chi connectivity index (χ1v) is 7.05. The number of carbonyl (C=O) groups is 2. The first kappa shape index (κ1) is 11.0. The fourth-order valence-electron chi connectivity index (χ4n) is 2.76.